The number of nitrogens with one attached hydrogen (secondary N) is 2. The van der Waals surface area contributed by atoms with E-state index >= 15 is 0 Å². The molecule has 0 aliphatic heterocycles. The Morgan fingerprint density at radius 2 is 2.10 bits per heavy atom. The van der Waals surface area contributed by atoms with Gasteiger partial charge in [-0.15, -0.1) is 0 Å². The van der Waals surface area contributed by atoms with Crippen LogP contribution in [0.4, 0.5) is 4.39 Å². The van der Waals surface area contributed by atoms with Gasteiger partial charge in [0, 0.05) is 18.4 Å². The maximum atomic E-state index is 13.0. The summed E-state index contributed by atoms with van der Waals surface area (Å²) in [6.07, 6.45) is 1.28. The minimum Gasteiger partial charge on any atom is -0.390 e. The molecule has 0 saturated heterocycles. The van der Waals surface area contributed by atoms with Crippen molar-refractivity contribution in [3.05, 3.63) is 52.6 Å². The van der Waals surface area contributed by atoms with Gasteiger partial charge in [0.05, 0.1) is 16.5 Å². The van der Waals surface area contributed by atoms with E-state index in [2.05, 4.69) is 9.71 Å². The number of aliphatic hydroxyl groups is 1. The molecule has 0 bridgehead atoms. The predicted molar refractivity (Wildman–Crippen MR) is 72.2 cm³/mol. The number of halogens is 2. The van der Waals surface area contributed by atoms with Gasteiger partial charge < -0.3 is 10.1 Å². The van der Waals surface area contributed by atoms with Crippen LogP contribution >= 0.6 is 11.6 Å². The lowest BCUT2D eigenvalue weighted by molar-refractivity contribution is 0.277. The first-order valence-corrected chi connectivity index (χ1v) is 7.50. The fourth-order valence-electron chi connectivity index (χ4n) is 1.58. The molecule has 0 unspecified atom stereocenters. The Morgan fingerprint density at radius 1 is 1.35 bits per heavy atom. The van der Waals surface area contributed by atoms with Crippen LogP contribution in [0.1, 0.15) is 11.3 Å². The van der Waals surface area contributed by atoms with Crippen molar-refractivity contribution in [2.24, 2.45) is 0 Å². The number of aromatic amines is 1. The lowest BCUT2D eigenvalue weighted by Gasteiger charge is -2.05. The molecule has 3 N–H and O–H groups in total. The number of benzene rings is 1. The molecule has 2 aromatic rings. The highest BCUT2D eigenvalue weighted by Crippen LogP contribution is 2.17. The standard InChI is InChI=1S/C12H12ClFN2O3S/c13-11-3-8(1-2-12(11)14)5-16-20(18,19)10-4-9(7-17)15-6-10/h1-4,6,15-17H,5,7H2. The van der Waals surface area contributed by atoms with Crippen LogP contribution in [0.25, 0.3) is 0 Å². The number of sulfonamides is 1. The van der Waals surface area contributed by atoms with E-state index in [0.717, 1.165) is 0 Å². The molecule has 8 heteroatoms. The molecule has 1 heterocycles. The molecule has 0 amide bonds. The molecule has 0 fully saturated rings. The maximum absolute atomic E-state index is 13.0. The van der Waals surface area contributed by atoms with Crippen molar-refractivity contribution in [1.29, 1.82) is 0 Å². The van der Waals surface area contributed by atoms with E-state index in [-0.39, 0.29) is 23.1 Å². The van der Waals surface area contributed by atoms with E-state index in [1.165, 1.54) is 30.5 Å². The number of hydrogen-bond donors (Lipinski definition) is 3. The highest BCUT2D eigenvalue weighted by atomic mass is 35.5. The third-order valence-corrected chi connectivity index (χ3v) is 4.32. The quantitative estimate of drug-likeness (QED) is 0.786. The minimum absolute atomic E-state index is 0.0119. The summed E-state index contributed by atoms with van der Waals surface area (Å²) in [6, 6.07) is 5.31. The van der Waals surface area contributed by atoms with Gasteiger partial charge in [-0.3, -0.25) is 0 Å². The highest BCUT2D eigenvalue weighted by molar-refractivity contribution is 7.89. The van der Waals surface area contributed by atoms with Crippen molar-refractivity contribution in [2.45, 2.75) is 18.0 Å². The SMILES string of the molecule is O=S(=O)(NCc1ccc(F)c(Cl)c1)c1c[nH]c(CO)c1. The van der Waals surface area contributed by atoms with Crippen molar-refractivity contribution in [2.75, 3.05) is 0 Å². The van der Waals surface area contributed by atoms with Gasteiger partial charge >= 0.3 is 0 Å². The second kappa shape index (κ2) is 5.92. The Hall–Kier alpha value is -1.41. The molecular formula is C12H12ClFN2O3S. The highest BCUT2D eigenvalue weighted by Gasteiger charge is 2.15. The summed E-state index contributed by atoms with van der Waals surface area (Å²) in [5, 5.41) is 8.82. The first kappa shape index (κ1) is 15.0. The lowest BCUT2D eigenvalue weighted by atomic mass is 10.2. The van der Waals surface area contributed by atoms with Crippen LogP contribution in [0.5, 0.6) is 0 Å². The summed E-state index contributed by atoms with van der Waals surface area (Å²) < 4.78 is 39.3. The van der Waals surface area contributed by atoms with E-state index in [9.17, 15) is 12.8 Å². The zero-order chi connectivity index (χ0) is 14.8. The smallest absolute Gasteiger partial charge is 0.242 e. The van der Waals surface area contributed by atoms with Gasteiger partial charge in [0.1, 0.15) is 5.82 Å². The average molecular weight is 319 g/mol. The summed E-state index contributed by atoms with van der Waals surface area (Å²) in [7, 11) is -3.70. The molecule has 0 atom stereocenters. The van der Waals surface area contributed by atoms with Gasteiger partial charge in [0.25, 0.3) is 0 Å². The second-order valence-electron chi connectivity index (χ2n) is 4.09. The molecule has 0 radical (unpaired) electrons. The summed E-state index contributed by atoms with van der Waals surface area (Å²) in [5.74, 6) is -0.559. The molecular weight excluding hydrogens is 307 g/mol. The molecule has 20 heavy (non-hydrogen) atoms. The lowest BCUT2D eigenvalue weighted by Crippen LogP contribution is -2.22. The number of hydrogen-bond acceptors (Lipinski definition) is 3. The molecule has 1 aromatic heterocycles. The van der Waals surface area contributed by atoms with E-state index < -0.39 is 15.8 Å². The van der Waals surface area contributed by atoms with Crippen LogP contribution in [0.2, 0.25) is 5.02 Å². The zero-order valence-electron chi connectivity index (χ0n) is 10.2. The Bertz CT molecular complexity index is 715. The number of aliphatic hydroxyl groups excluding tert-OH is 1. The number of rotatable bonds is 5. The van der Waals surface area contributed by atoms with Crippen LogP contribution in [0.3, 0.4) is 0 Å². The summed E-state index contributed by atoms with van der Waals surface area (Å²) in [6.45, 7) is -0.287. The Morgan fingerprint density at radius 3 is 2.70 bits per heavy atom. The normalized spacial score (nSPS) is 11.8. The molecule has 0 saturated carbocycles. The van der Waals surface area contributed by atoms with Crippen LogP contribution < -0.4 is 4.72 Å². The third-order valence-electron chi connectivity index (χ3n) is 2.65. The van der Waals surface area contributed by atoms with Crippen molar-refractivity contribution < 1.29 is 17.9 Å². The van der Waals surface area contributed by atoms with Crippen LogP contribution in [-0.2, 0) is 23.2 Å². The number of aromatic nitrogens is 1. The molecule has 0 spiro atoms. The van der Waals surface area contributed by atoms with Crippen molar-refractivity contribution in [3.8, 4) is 0 Å². The summed E-state index contributed by atoms with van der Waals surface area (Å²) in [5.41, 5.74) is 0.938. The van der Waals surface area contributed by atoms with Gasteiger partial charge in [-0.2, -0.15) is 0 Å². The first-order chi connectivity index (χ1) is 9.42. The van der Waals surface area contributed by atoms with E-state index in [4.69, 9.17) is 16.7 Å². The van der Waals surface area contributed by atoms with Crippen molar-refractivity contribution in [3.63, 3.8) is 0 Å². The molecule has 0 aliphatic carbocycles. The molecule has 0 aliphatic rings. The van der Waals surface area contributed by atoms with Gasteiger partial charge in [0.2, 0.25) is 10.0 Å². The van der Waals surface area contributed by atoms with Gasteiger partial charge in [-0.1, -0.05) is 17.7 Å². The Labute approximate surface area is 120 Å². The van der Waals surface area contributed by atoms with E-state index in [1.54, 1.807) is 0 Å². The Balaban J connectivity index is 2.10. The van der Waals surface area contributed by atoms with Crippen LogP contribution in [0, 0.1) is 5.82 Å². The second-order valence-corrected chi connectivity index (χ2v) is 6.27. The molecule has 5 nitrogen and oxygen atoms in total. The molecule has 2 rings (SSSR count). The summed E-state index contributed by atoms with van der Waals surface area (Å²) in [4.78, 5) is 2.66. The fourth-order valence-corrected chi connectivity index (χ4v) is 2.81. The zero-order valence-corrected chi connectivity index (χ0v) is 11.8. The van der Waals surface area contributed by atoms with E-state index in [1.807, 2.05) is 0 Å². The first-order valence-electron chi connectivity index (χ1n) is 5.64. The van der Waals surface area contributed by atoms with Gasteiger partial charge in [-0.25, -0.2) is 17.5 Å². The third kappa shape index (κ3) is 3.37. The van der Waals surface area contributed by atoms with Gasteiger partial charge in [-0.05, 0) is 23.8 Å². The minimum atomic E-state index is -3.70. The molecule has 108 valence electrons. The summed E-state index contributed by atoms with van der Waals surface area (Å²) >= 11 is 5.62. The average Bonchev–Trinajstić information content (AvgIpc) is 2.90. The number of H-pyrrole nitrogens is 1. The molecule has 1 aromatic carbocycles. The largest absolute Gasteiger partial charge is 0.390 e. The fraction of sp³-hybridized carbons (Fsp3) is 0.167. The van der Waals surface area contributed by atoms with Crippen molar-refractivity contribution in [1.82, 2.24) is 9.71 Å². The predicted octanol–water partition coefficient (Wildman–Crippen LogP) is 1.78. The van der Waals surface area contributed by atoms with Gasteiger partial charge in [0.15, 0.2) is 0 Å². The van der Waals surface area contributed by atoms with E-state index in [0.29, 0.717) is 11.3 Å². The monoisotopic (exact) mass is 318 g/mol. The van der Waals surface area contributed by atoms with Crippen LogP contribution in [-0.4, -0.2) is 18.5 Å². The van der Waals surface area contributed by atoms with Crippen LogP contribution in [0.15, 0.2) is 35.4 Å². The van der Waals surface area contributed by atoms with Crippen molar-refractivity contribution >= 4 is 21.6 Å². The Kier molecular flexibility index (Phi) is 4.44. The topological polar surface area (TPSA) is 82.2 Å². The maximum Gasteiger partial charge on any atom is 0.242 e.